The van der Waals surface area contributed by atoms with Gasteiger partial charge < -0.3 is 9.84 Å². The molecule has 0 saturated heterocycles. The van der Waals surface area contributed by atoms with E-state index in [9.17, 15) is 4.79 Å². The molecule has 1 aliphatic rings. The lowest BCUT2D eigenvalue weighted by molar-refractivity contribution is 0.101. The van der Waals surface area contributed by atoms with Crippen LogP contribution in [0.3, 0.4) is 0 Å². The Morgan fingerprint density at radius 3 is 2.78 bits per heavy atom. The van der Waals surface area contributed by atoms with Gasteiger partial charge in [-0.2, -0.15) is 5.10 Å². The number of carbonyl (C=O) groups is 1. The number of hydrogen-bond donors (Lipinski definition) is 1. The molecule has 0 saturated carbocycles. The lowest BCUT2D eigenvalue weighted by Gasteiger charge is -2.33. The minimum atomic E-state index is -0.222. The molecule has 0 aromatic carbocycles. The van der Waals surface area contributed by atoms with E-state index in [1.165, 1.54) is 0 Å². The molecule has 0 aliphatic heterocycles. The van der Waals surface area contributed by atoms with E-state index < -0.39 is 0 Å². The molecule has 2 aromatic heterocycles. The quantitative estimate of drug-likeness (QED) is 0.924. The molecule has 6 heteroatoms. The molecular weight excluding hydrogens is 292 g/mol. The Bertz CT molecular complexity index is 736. The van der Waals surface area contributed by atoms with Gasteiger partial charge in [0.05, 0.1) is 17.6 Å². The van der Waals surface area contributed by atoms with Crippen molar-refractivity contribution in [2.75, 3.05) is 5.32 Å². The number of amides is 1. The van der Waals surface area contributed by atoms with Gasteiger partial charge in [0.1, 0.15) is 5.76 Å². The number of nitrogens with zero attached hydrogens (tertiary/aromatic N) is 3. The predicted molar refractivity (Wildman–Crippen MR) is 87.4 cm³/mol. The van der Waals surface area contributed by atoms with Crippen molar-refractivity contribution in [2.45, 2.75) is 47.0 Å². The summed E-state index contributed by atoms with van der Waals surface area (Å²) in [6.45, 7) is 8.65. The summed E-state index contributed by atoms with van der Waals surface area (Å²) in [5.41, 5.74) is 3.20. The van der Waals surface area contributed by atoms with Crippen molar-refractivity contribution in [3.63, 3.8) is 0 Å². The summed E-state index contributed by atoms with van der Waals surface area (Å²) in [5, 5.41) is 11.1. The molecule has 1 unspecified atom stereocenters. The second-order valence-electron chi connectivity index (χ2n) is 7.46. The van der Waals surface area contributed by atoms with E-state index in [2.05, 4.69) is 36.3 Å². The second-order valence-corrected chi connectivity index (χ2v) is 7.46. The zero-order valence-electron chi connectivity index (χ0n) is 14.4. The van der Waals surface area contributed by atoms with Crippen LogP contribution in [0.2, 0.25) is 0 Å². The van der Waals surface area contributed by atoms with E-state index in [1.807, 2.05) is 14.0 Å². The van der Waals surface area contributed by atoms with Gasteiger partial charge in [-0.1, -0.05) is 25.9 Å². The predicted octanol–water partition coefficient (Wildman–Crippen LogP) is 3.12. The molecular formula is C17H24N4O2. The van der Waals surface area contributed by atoms with Gasteiger partial charge in [-0.3, -0.25) is 9.48 Å². The van der Waals surface area contributed by atoms with Crippen LogP contribution in [0.4, 0.5) is 5.69 Å². The number of fused-ring (bicyclic) bond motifs is 1. The Labute approximate surface area is 136 Å². The van der Waals surface area contributed by atoms with Crippen LogP contribution in [0, 0.1) is 18.3 Å². The van der Waals surface area contributed by atoms with Gasteiger partial charge in [0.25, 0.3) is 5.91 Å². The van der Waals surface area contributed by atoms with E-state index in [4.69, 9.17) is 4.52 Å². The number of carbonyl (C=O) groups excluding carboxylic acids is 1. The molecule has 1 amide bonds. The molecule has 3 rings (SSSR count). The van der Waals surface area contributed by atoms with Crippen molar-refractivity contribution >= 4 is 11.6 Å². The van der Waals surface area contributed by atoms with Crippen molar-refractivity contribution in [2.24, 2.45) is 18.4 Å². The lowest BCUT2D eigenvalue weighted by atomic mass is 9.71. The molecule has 0 spiro atoms. The molecule has 2 aromatic rings. The molecule has 1 N–H and O–H groups in total. The van der Waals surface area contributed by atoms with Gasteiger partial charge in [-0.15, -0.1) is 0 Å². The average Bonchev–Trinajstić information content (AvgIpc) is 3.04. The average molecular weight is 316 g/mol. The summed E-state index contributed by atoms with van der Waals surface area (Å²) >= 11 is 0. The highest BCUT2D eigenvalue weighted by Crippen LogP contribution is 2.38. The first-order valence-electron chi connectivity index (χ1n) is 8.04. The Hall–Kier alpha value is -2.11. The minimum absolute atomic E-state index is 0.211. The van der Waals surface area contributed by atoms with E-state index in [-0.39, 0.29) is 11.3 Å². The summed E-state index contributed by atoms with van der Waals surface area (Å²) in [6.07, 6.45) is 4.42. The molecule has 0 radical (unpaired) electrons. The van der Waals surface area contributed by atoms with Gasteiger partial charge in [0.15, 0.2) is 5.69 Å². The van der Waals surface area contributed by atoms with Crippen LogP contribution in [0.15, 0.2) is 10.7 Å². The van der Waals surface area contributed by atoms with Gasteiger partial charge >= 0.3 is 0 Å². The van der Waals surface area contributed by atoms with Crippen LogP contribution in [0.5, 0.6) is 0 Å². The number of aromatic nitrogens is 3. The number of nitrogens with one attached hydrogen (secondary N) is 1. The van der Waals surface area contributed by atoms with Crippen LogP contribution in [0.25, 0.3) is 0 Å². The van der Waals surface area contributed by atoms with Crippen molar-refractivity contribution in [3.05, 3.63) is 28.9 Å². The minimum Gasteiger partial charge on any atom is -0.360 e. The smallest absolute Gasteiger partial charge is 0.278 e. The summed E-state index contributed by atoms with van der Waals surface area (Å²) in [5.74, 6) is 1.17. The Morgan fingerprint density at radius 2 is 2.17 bits per heavy atom. The van der Waals surface area contributed by atoms with Crippen molar-refractivity contribution in [3.8, 4) is 0 Å². The summed E-state index contributed by atoms with van der Waals surface area (Å²) < 4.78 is 7.14. The lowest BCUT2D eigenvalue weighted by Crippen LogP contribution is -2.27. The highest BCUT2D eigenvalue weighted by atomic mass is 16.5. The Morgan fingerprint density at radius 1 is 1.43 bits per heavy atom. The molecule has 1 aliphatic carbocycles. The number of aryl methyl sites for hydroxylation is 2. The molecule has 0 bridgehead atoms. The largest absolute Gasteiger partial charge is 0.360 e. The van der Waals surface area contributed by atoms with E-state index >= 15 is 0 Å². The zero-order valence-corrected chi connectivity index (χ0v) is 14.4. The van der Waals surface area contributed by atoms with Crippen molar-refractivity contribution < 1.29 is 9.32 Å². The van der Waals surface area contributed by atoms with Crippen LogP contribution in [-0.2, 0) is 19.9 Å². The fourth-order valence-corrected chi connectivity index (χ4v) is 3.12. The number of rotatable bonds is 2. The third-order valence-corrected chi connectivity index (χ3v) is 4.96. The van der Waals surface area contributed by atoms with E-state index in [0.29, 0.717) is 17.3 Å². The fourth-order valence-electron chi connectivity index (χ4n) is 3.12. The summed E-state index contributed by atoms with van der Waals surface area (Å²) in [6, 6.07) is 0. The summed E-state index contributed by atoms with van der Waals surface area (Å²) in [4.78, 5) is 12.6. The maximum atomic E-state index is 12.6. The fraction of sp³-hybridized carbons (Fsp3) is 0.588. The summed E-state index contributed by atoms with van der Waals surface area (Å²) in [7, 11) is 1.84. The van der Waals surface area contributed by atoms with Gasteiger partial charge in [-0.25, -0.2) is 0 Å². The molecule has 124 valence electrons. The Balaban J connectivity index is 1.84. The van der Waals surface area contributed by atoms with Gasteiger partial charge in [-0.05, 0) is 31.1 Å². The van der Waals surface area contributed by atoms with Crippen molar-refractivity contribution in [1.29, 1.82) is 0 Å². The van der Waals surface area contributed by atoms with E-state index in [0.717, 1.165) is 36.3 Å². The topological polar surface area (TPSA) is 73.0 Å². The monoisotopic (exact) mass is 316 g/mol. The molecule has 1 atom stereocenters. The normalized spacial score (nSPS) is 17.9. The van der Waals surface area contributed by atoms with Gasteiger partial charge in [0.2, 0.25) is 0 Å². The van der Waals surface area contributed by atoms with E-state index in [1.54, 1.807) is 10.9 Å². The second kappa shape index (κ2) is 5.51. The number of anilines is 1. The van der Waals surface area contributed by atoms with Gasteiger partial charge in [0, 0.05) is 19.0 Å². The van der Waals surface area contributed by atoms with Crippen LogP contribution >= 0.6 is 0 Å². The van der Waals surface area contributed by atoms with Crippen LogP contribution in [-0.4, -0.2) is 20.8 Å². The highest BCUT2D eigenvalue weighted by Gasteiger charge is 2.34. The van der Waals surface area contributed by atoms with Crippen LogP contribution in [0.1, 0.15) is 54.7 Å². The third kappa shape index (κ3) is 2.90. The molecule has 6 nitrogen and oxygen atoms in total. The molecule has 2 heterocycles. The standard InChI is InChI=1S/C17H24N4O2/c1-10-13(9-18-21(10)5)19-16(22)15-12-8-11(17(2,3)4)6-7-14(12)23-20-15/h9,11H,6-8H2,1-5H3,(H,19,22). The first-order valence-corrected chi connectivity index (χ1v) is 8.04. The maximum absolute atomic E-state index is 12.6. The highest BCUT2D eigenvalue weighted by molar-refractivity contribution is 6.04. The SMILES string of the molecule is Cc1c(NC(=O)c2noc3c2CC(C(C)(C)C)CC3)cnn1C. The first-order chi connectivity index (χ1) is 10.8. The maximum Gasteiger partial charge on any atom is 0.278 e. The molecule has 0 fully saturated rings. The Kier molecular flexibility index (Phi) is 3.78. The zero-order chi connectivity index (χ0) is 16.8. The molecule has 23 heavy (non-hydrogen) atoms. The van der Waals surface area contributed by atoms with Crippen molar-refractivity contribution in [1.82, 2.24) is 14.9 Å². The number of hydrogen-bond acceptors (Lipinski definition) is 4. The van der Waals surface area contributed by atoms with Crippen LogP contribution < -0.4 is 5.32 Å². The first kappa shape index (κ1) is 15.8. The third-order valence-electron chi connectivity index (χ3n) is 4.96.